The van der Waals surface area contributed by atoms with E-state index in [4.69, 9.17) is 10.8 Å². The largest absolute Gasteiger partial charge is 0.383 e. The Morgan fingerprint density at radius 2 is 2.05 bits per heavy atom. The summed E-state index contributed by atoms with van der Waals surface area (Å²) in [6.45, 7) is 0. The van der Waals surface area contributed by atoms with Crippen molar-refractivity contribution in [3.05, 3.63) is 34.4 Å². The average molecular weight is 346 g/mol. The molecule has 0 radical (unpaired) electrons. The van der Waals surface area contributed by atoms with E-state index in [9.17, 15) is 0 Å². The van der Waals surface area contributed by atoms with E-state index >= 15 is 0 Å². The smallest absolute Gasteiger partial charge is 0.129 e. The minimum Gasteiger partial charge on any atom is -0.383 e. The molecule has 2 saturated carbocycles. The highest BCUT2D eigenvalue weighted by Gasteiger charge is 2.42. The lowest BCUT2D eigenvalue weighted by atomic mass is 9.84. The summed E-state index contributed by atoms with van der Waals surface area (Å²) in [4.78, 5) is 0. The van der Waals surface area contributed by atoms with E-state index in [2.05, 4.69) is 34.1 Å². The molecule has 1 aromatic carbocycles. The summed E-state index contributed by atoms with van der Waals surface area (Å²) in [7, 11) is 1.95. The number of rotatable bonds is 2. The predicted molar refractivity (Wildman–Crippen MR) is 88.9 cm³/mol. The second-order valence-corrected chi connectivity index (χ2v) is 7.38. The van der Waals surface area contributed by atoms with E-state index in [-0.39, 0.29) is 0 Å². The summed E-state index contributed by atoms with van der Waals surface area (Å²) in [6.07, 6.45) is 5.45. The van der Waals surface area contributed by atoms with Gasteiger partial charge in [0.1, 0.15) is 5.82 Å². The standard InChI is InChI=1S/C17H20BrN3/c1-21-17(19)15(12-4-2-3-5-14(12)18)16(20-21)13-9-10-6-7-11(13)8-10/h2-5,10-11,13H,6-9,19H2,1H3. The Labute approximate surface area is 133 Å². The molecule has 0 aliphatic heterocycles. The van der Waals surface area contributed by atoms with Crippen LogP contribution in [0.15, 0.2) is 28.7 Å². The summed E-state index contributed by atoms with van der Waals surface area (Å²) in [6, 6.07) is 8.31. The minimum absolute atomic E-state index is 0.592. The van der Waals surface area contributed by atoms with Crippen LogP contribution in [0.2, 0.25) is 0 Å². The van der Waals surface area contributed by atoms with Crippen molar-refractivity contribution in [1.82, 2.24) is 9.78 Å². The first-order chi connectivity index (χ1) is 10.1. The van der Waals surface area contributed by atoms with Crippen LogP contribution in [0.3, 0.4) is 0 Å². The maximum absolute atomic E-state index is 6.35. The van der Waals surface area contributed by atoms with Crippen LogP contribution in [0.4, 0.5) is 5.82 Å². The monoisotopic (exact) mass is 345 g/mol. The molecule has 2 bridgehead atoms. The number of hydrogen-bond acceptors (Lipinski definition) is 2. The molecule has 0 amide bonds. The highest BCUT2D eigenvalue weighted by Crippen LogP contribution is 2.54. The van der Waals surface area contributed by atoms with Crippen molar-refractivity contribution in [2.45, 2.75) is 31.6 Å². The Morgan fingerprint density at radius 3 is 2.71 bits per heavy atom. The van der Waals surface area contributed by atoms with Gasteiger partial charge >= 0.3 is 0 Å². The zero-order valence-corrected chi connectivity index (χ0v) is 13.8. The lowest BCUT2D eigenvalue weighted by Gasteiger charge is -2.21. The Bertz CT molecular complexity index is 691. The van der Waals surface area contributed by atoms with Gasteiger partial charge in [-0.1, -0.05) is 40.5 Å². The van der Waals surface area contributed by atoms with Gasteiger partial charge in [0.15, 0.2) is 0 Å². The van der Waals surface area contributed by atoms with Crippen molar-refractivity contribution in [2.75, 3.05) is 5.73 Å². The number of fused-ring (bicyclic) bond motifs is 2. The Hall–Kier alpha value is -1.29. The van der Waals surface area contributed by atoms with Gasteiger partial charge in [0.25, 0.3) is 0 Å². The van der Waals surface area contributed by atoms with Crippen molar-refractivity contribution < 1.29 is 0 Å². The van der Waals surface area contributed by atoms with E-state index in [0.29, 0.717) is 5.92 Å². The lowest BCUT2D eigenvalue weighted by Crippen LogP contribution is -2.10. The molecule has 3 nitrogen and oxygen atoms in total. The fourth-order valence-electron chi connectivity index (χ4n) is 4.34. The van der Waals surface area contributed by atoms with E-state index in [1.54, 1.807) is 0 Å². The molecule has 2 aliphatic carbocycles. The van der Waals surface area contributed by atoms with Crippen molar-refractivity contribution in [2.24, 2.45) is 18.9 Å². The van der Waals surface area contributed by atoms with Crippen LogP contribution in [0, 0.1) is 11.8 Å². The fourth-order valence-corrected chi connectivity index (χ4v) is 4.82. The maximum Gasteiger partial charge on any atom is 0.129 e. The molecule has 3 atom stereocenters. The third-order valence-corrected chi connectivity index (χ3v) is 6.04. The van der Waals surface area contributed by atoms with Gasteiger partial charge in [0.05, 0.1) is 5.69 Å². The first-order valence-corrected chi connectivity index (χ1v) is 8.51. The molecule has 110 valence electrons. The summed E-state index contributed by atoms with van der Waals surface area (Å²) in [5, 5.41) is 4.80. The number of nitrogen functional groups attached to an aromatic ring is 1. The highest BCUT2D eigenvalue weighted by molar-refractivity contribution is 9.10. The van der Waals surface area contributed by atoms with Gasteiger partial charge in [-0.15, -0.1) is 0 Å². The van der Waals surface area contributed by atoms with Crippen molar-refractivity contribution >= 4 is 21.7 Å². The molecule has 3 unspecified atom stereocenters. The van der Waals surface area contributed by atoms with E-state index in [1.165, 1.54) is 36.9 Å². The quantitative estimate of drug-likeness (QED) is 0.879. The second kappa shape index (κ2) is 4.87. The molecule has 2 aliphatic rings. The highest BCUT2D eigenvalue weighted by atomic mass is 79.9. The predicted octanol–water partition coefficient (Wildman–Crippen LogP) is 4.34. The Kier molecular flexibility index (Phi) is 3.10. The number of aryl methyl sites for hydroxylation is 1. The molecule has 0 spiro atoms. The molecule has 2 N–H and O–H groups in total. The van der Waals surface area contributed by atoms with Crippen molar-refractivity contribution in [3.63, 3.8) is 0 Å². The summed E-state index contributed by atoms with van der Waals surface area (Å²) < 4.78 is 2.94. The van der Waals surface area contributed by atoms with Crippen LogP contribution >= 0.6 is 15.9 Å². The SMILES string of the molecule is Cn1nc(C2CC3CCC2C3)c(-c2ccccc2Br)c1N. The number of aromatic nitrogens is 2. The molecule has 4 heteroatoms. The molecule has 2 aromatic rings. The lowest BCUT2D eigenvalue weighted by molar-refractivity contribution is 0.411. The van der Waals surface area contributed by atoms with Gasteiger partial charge in [-0.3, -0.25) is 4.68 Å². The first-order valence-electron chi connectivity index (χ1n) is 7.72. The molecule has 1 aromatic heterocycles. The Morgan fingerprint density at radius 1 is 1.24 bits per heavy atom. The first kappa shape index (κ1) is 13.4. The Balaban J connectivity index is 1.85. The molecular formula is C17H20BrN3. The summed E-state index contributed by atoms with van der Waals surface area (Å²) in [5.74, 6) is 3.09. The summed E-state index contributed by atoms with van der Waals surface area (Å²) in [5.41, 5.74) is 9.88. The van der Waals surface area contributed by atoms with Gasteiger partial charge in [0, 0.05) is 28.6 Å². The van der Waals surface area contributed by atoms with E-state index in [1.807, 2.05) is 17.8 Å². The molecule has 2 fully saturated rings. The third-order valence-electron chi connectivity index (χ3n) is 5.35. The van der Waals surface area contributed by atoms with Gasteiger partial charge < -0.3 is 5.73 Å². The number of benzene rings is 1. The van der Waals surface area contributed by atoms with Crippen LogP contribution in [0.5, 0.6) is 0 Å². The molecule has 21 heavy (non-hydrogen) atoms. The van der Waals surface area contributed by atoms with Gasteiger partial charge in [-0.05, 0) is 37.2 Å². The topological polar surface area (TPSA) is 43.8 Å². The van der Waals surface area contributed by atoms with Gasteiger partial charge in [-0.2, -0.15) is 5.10 Å². The minimum atomic E-state index is 0.592. The molecular weight excluding hydrogens is 326 g/mol. The molecule has 0 saturated heterocycles. The zero-order chi connectivity index (χ0) is 14.6. The van der Waals surface area contributed by atoms with Crippen molar-refractivity contribution in [3.8, 4) is 11.1 Å². The van der Waals surface area contributed by atoms with Crippen LogP contribution in [-0.4, -0.2) is 9.78 Å². The second-order valence-electron chi connectivity index (χ2n) is 6.53. The van der Waals surface area contributed by atoms with Crippen LogP contribution in [0.25, 0.3) is 11.1 Å². The summed E-state index contributed by atoms with van der Waals surface area (Å²) >= 11 is 3.67. The average Bonchev–Trinajstić information content (AvgIpc) is 3.16. The zero-order valence-electron chi connectivity index (χ0n) is 12.2. The van der Waals surface area contributed by atoms with Crippen molar-refractivity contribution in [1.29, 1.82) is 0 Å². The molecule has 1 heterocycles. The van der Waals surface area contributed by atoms with Crippen LogP contribution < -0.4 is 5.73 Å². The van der Waals surface area contributed by atoms with E-state index < -0.39 is 0 Å². The maximum atomic E-state index is 6.35. The van der Waals surface area contributed by atoms with Gasteiger partial charge in [-0.25, -0.2) is 0 Å². The number of nitrogens with two attached hydrogens (primary N) is 1. The van der Waals surface area contributed by atoms with Crippen LogP contribution in [0.1, 0.15) is 37.3 Å². The third kappa shape index (κ3) is 2.03. The number of halogens is 1. The number of anilines is 1. The number of nitrogens with zero attached hydrogens (tertiary/aromatic N) is 2. The van der Waals surface area contributed by atoms with Gasteiger partial charge in [0.2, 0.25) is 0 Å². The molecule has 4 rings (SSSR count). The van der Waals surface area contributed by atoms with E-state index in [0.717, 1.165) is 27.7 Å². The van der Waals surface area contributed by atoms with Crippen LogP contribution in [-0.2, 0) is 7.05 Å². The number of hydrogen-bond donors (Lipinski definition) is 1. The fraction of sp³-hybridized carbons (Fsp3) is 0.471. The normalized spacial score (nSPS) is 27.4.